The third kappa shape index (κ3) is 4.47. The first-order valence-corrected chi connectivity index (χ1v) is 12.0. The number of aromatic nitrogens is 1. The molecule has 0 bridgehead atoms. The lowest BCUT2D eigenvalue weighted by atomic mass is 10.1. The van der Waals surface area contributed by atoms with Gasteiger partial charge >= 0.3 is 0 Å². The Morgan fingerprint density at radius 1 is 1.00 bits per heavy atom. The molecule has 2 heterocycles. The molecule has 1 aliphatic heterocycles. The number of nitro benzene ring substituents is 1. The SMILES string of the molecule is Cc1ccc([N+](=O)[O-])cc1S(=O)(=O)N1CCN(C(=O)c2ccc(-c3ccccc3)[nH]c2=O)CC1. The van der Waals surface area contributed by atoms with Crippen LogP contribution in [-0.4, -0.2) is 59.6 Å². The lowest BCUT2D eigenvalue weighted by Gasteiger charge is -2.34. The van der Waals surface area contributed by atoms with Gasteiger partial charge in [-0.25, -0.2) is 8.42 Å². The van der Waals surface area contributed by atoms with Crippen molar-refractivity contribution in [1.82, 2.24) is 14.2 Å². The average molecular weight is 483 g/mol. The molecular weight excluding hydrogens is 460 g/mol. The van der Waals surface area contributed by atoms with Gasteiger partial charge < -0.3 is 9.88 Å². The molecule has 11 heteroatoms. The molecule has 0 atom stereocenters. The van der Waals surface area contributed by atoms with Crippen LogP contribution in [0.3, 0.4) is 0 Å². The highest BCUT2D eigenvalue weighted by Gasteiger charge is 2.32. The van der Waals surface area contributed by atoms with Crippen LogP contribution in [0.2, 0.25) is 0 Å². The number of hydrogen-bond acceptors (Lipinski definition) is 6. The van der Waals surface area contributed by atoms with Crippen LogP contribution in [0.5, 0.6) is 0 Å². The van der Waals surface area contributed by atoms with Crippen LogP contribution in [0.1, 0.15) is 15.9 Å². The summed E-state index contributed by atoms with van der Waals surface area (Å²) in [5.41, 5.74) is 0.948. The van der Waals surface area contributed by atoms with Gasteiger partial charge in [-0.2, -0.15) is 4.31 Å². The number of benzene rings is 2. The number of hydrogen-bond donors (Lipinski definition) is 1. The monoisotopic (exact) mass is 482 g/mol. The number of carbonyl (C=O) groups excluding carboxylic acids is 1. The molecule has 2 aromatic carbocycles. The van der Waals surface area contributed by atoms with E-state index in [-0.39, 0.29) is 42.3 Å². The third-order valence-electron chi connectivity index (χ3n) is 5.75. The standard InChI is InChI=1S/C23H22N4O6S/c1-16-7-8-18(27(30)31)15-21(16)34(32,33)26-13-11-25(12-14-26)23(29)19-9-10-20(24-22(19)28)17-5-3-2-4-6-17/h2-10,15H,11-14H2,1H3,(H,24,28). The van der Waals surface area contributed by atoms with Crippen molar-refractivity contribution in [2.75, 3.05) is 26.2 Å². The number of pyridine rings is 1. The zero-order valence-corrected chi connectivity index (χ0v) is 19.1. The molecule has 1 saturated heterocycles. The van der Waals surface area contributed by atoms with Gasteiger partial charge in [-0.3, -0.25) is 19.7 Å². The van der Waals surface area contributed by atoms with E-state index in [1.165, 1.54) is 27.4 Å². The van der Waals surface area contributed by atoms with Gasteiger partial charge in [0.1, 0.15) is 5.56 Å². The van der Waals surface area contributed by atoms with Gasteiger partial charge in [0.2, 0.25) is 10.0 Å². The van der Waals surface area contributed by atoms with Crippen LogP contribution < -0.4 is 5.56 Å². The zero-order valence-electron chi connectivity index (χ0n) is 18.3. The van der Waals surface area contributed by atoms with Crippen molar-refractivity contribution in [3.8, 4) is 11.3 Å². The number of rotatable bonds is 5. The fourth-order valence-electron chi connectivity index (χ4n) is 3.85. The van der Waals surface area contributed by atoms with E-state index in [2.05, 4.69) is 4.98 Å². The van der Waals surface area contributed by atoms with Crippen LogP contribution in [0, 0.1) is 17.0 Å². The quantitative estimate of drug-likeness (QED) is 0.438. The number of carbonyl (C=O) groups is 1. The Kier molecular flexibility index (Phi) is 6.31. The first kappa shape index (κ1) is 23.3. The van der Waals surface area contributed by atoms with Crippen LogP contribution >= 0.6 is 0 Å². The summed E-state index contributed by atoms with van der Waals surface area (Å²) in [6.45, 7) is 1.77. The zero-order chi connectivity index (χ0) is 24.5. The van der Waals surface area contributed by atoms with Gasteiger partial charge in [0.15, 0.2) is 0 Å². The maximum absolute atomic E-state index is 13.1. The number of nitro groups is 1. The third-order valence-corrected chi connectivity index (χ3v) is 7.79. The first-order valence-electron chi connectivity index (χ1n) is 10.5. The van der Waals surface area contributed by atoms with Gasteiger partial charge in [-0.15, -0.1) is 0 Å². The maximum atomic E-state index is 13.1. The number of aromatic amines is 1. The van der Waals surface area contributed by atoms with E-state index in [9.17, 15) is 28.1 Å². The van der Waals surface area contributed by atoms with Crippen LogP contribution in [0.15, 0.2) is 70.4 Å². The second-order valence-electron chi connectivity index (χ2n) is 7.88. The van der Waals surface area contributed by atoms with Gasteiger partial charge in [-0.1, -0.05) is 36.4 Å². The number of non-ortho nitro benzene ring substituents is 1. The number of nitrogens with zero attached hydrogens (tertiary/aromatic N) is 3. The van der Waals surface area contributed by atoms with Gasteiger partial charge in [0.05, 0.1) is 9.82 Å². The average Bonchev–Trinajstić information content (AvgIpc) is 2.84. The molecule has 3 aromatic rings. The van der Waals surface area contributed by atoms with Crippen LogP contribution in [-0.2, 0) is 10.0 Å². The van der Waals surface area contributed by atoms with Crippen LogP contribution in [0.25, 0.3) is 11.3 Å². The Morgan fingerprint density at radius 3 is 2.29 bits per heavy atom. The second kappa shape index (κ2) is 9.20. The summed E-state index contributed by atoms with van der Waals surface area (Å²) in [6.07, 6.45) is 0. The topological polar surface area (TPSA) is 134 Å². The summed E-state index contributed by atoms with van der Waals surface area (Å²) < 4.78 is 27.4. The Bertz CT molecular complexity index is 1410. The summed E-state index contributed by atoms with van der Waals surface area (Å²) in [7, 11) is -3.98. The van der Waals surface area contributed by atoms with E-state index in [1.54, 1.807) is 13.0 Å². The molecule has 0 aliphatic carbocycles. The molecule has 0 spiro atoms. The number of aryl methyl sites for hydroxylation is 1. The molecular formula is C23H22N4O6S. The van der Waals surface area contributed by atoms with E-state index in [4.69, 9.17) is 0 Å². The number of sulfonamides is 1. The van der Waals surface area contributed by atoms with E-state index in [0.717, 1.165) is 11.6 Å². The minimum Gasteiger partial charge on any atom is -0.336 e. The highest BCUT2D eigenvalue weighted by atomic mass is 32.2. The molecule has 4 rings (SSSR count). The second-order valence-corrected chi connectivity index (χ2v) is 9.79. The Morgan fingerprint density at radius 2 is 1.68 bits per heavy atom. The highest BCUT2D eigenvalue weighted by molar-refractivity contribution is 7.89. The van der Waals surface area contributed by atoms with Crippen molar-refractivity contribution >= 4 is 21.6 Å². The van der Waals surface area contributed by atoms with E-state index >= 15 is 0 Å². The summed E-state index contributed by atoms with van der Waals surface area (Å²) >= 11 is 0. The number of amides is 1. The normalized spacial score (nSPS) is 14.7. The number of H-pyrrole nitrogens is 1. The largest absolute Gasteiger partial charge is 0.336 e. The minimum absolute atomic E-state index is 0.0101. The summed E-state index contributed by atoms with van der Waals surface area (Å²) in [6, 6.07) is 16.1. The van der Waals surface area contributed by atoms with Crippen molar-refractivity contribution in [1.29, 1.82) is 0 Å². The molecule has 1 aromatic heterocycles. The molecule has 0 saturated carbocycles. The van der Waals surface area contributed by atoms with Crippen molar-refractivity contribution < 1.29 is 18.1 Å². The van der Waals surface area contributed by atoms with Crippen LogP contribution in [0.4, 0.5) is 5.69 Å². The molecule has 0 radical (unpaired) electrons. The molecule has 34 heavy (non-hydrogen) atoms. The van der Waals surface area contributed by atoms with E-state index < -0.39 is 26.4 Å². The Hall–Kier alpha value is -3.83. The lowest BCUT2D eigenvalue weighted by Crippen LogP contribution is -2.51. The van der Waals surface area contributed by atoms with Crippen molar-refractivity contribution in [2.24, 2.45) is 0 Å². The van der Waals surface area contributed by atoms with Crippen molar-refractivity contribution in [3.63, 3.8) is 0 Å². The number of piperazine rings is 1. The predicted molar refractivity (Wildman–Crippen MR) is 125 cm³/mol. The van der Waals surface area contributed by atoms with Crippen molar-refractivity contribution in [3.05, 3.63) is 92.3 Å². The fourth-order valence-corrected chi connectivity index (χ4v) is 5.52. The highest BCUT2D eigenvalue weighted by Crippen LogP contribution is 2.26. The molecule has 1 fully saturated rings. The summed E-state index contributed by atoms with van der Waals surface area (Å²) in [5.74, 6) is -0.482. The smallest absolute Gasteiger partial charge is 0.270 e. The lowest BCUT2D eigenvalue weighted by molar-refractivity contribution is -0.385. The molecule has 1 amide bonds. The Labute approximate surface area is 195 Å². The number of nitrogens with one attached hydrogen (secondary N) is 1. The maximum Gasteiger partial charge on any atom is 0.270 e. The first-order chi connectivity index (χ1) is 16.2. The fraction of sp³-hybridized carbons (Fsp3) is 0.217. The molecule has 10 nitrogen and oxygen atoms in total. The summed E-state index contributed by atoms with van der Waals surface area (Å²) in [4.78, 5) is 40.0. The van der Waals surface area contributed by atoms with Gasteiger partial charge in [0, 0.05) is 44.0 Å². The summed E-state index contributed by atoms with van der Waals surface area (Å²) in [5, 5.41) is 11.1. The predicted octanol–water partition coefficient (Wildman–Crippen LogP) is 2.41. The minimum atomic E-state index is -3.98. The Balaban J connectivity index is 1.49. The van der Waals surface area contributed by atoms with Gasteiger partial charge in [0.25, 0.3) is 17.2 Å². The molecule has 176 valence electrons. The van der Waals surface area contributed by atoms with E-state index in [1.807, 2.05) is 30.3 Å². The van der Waals surface area contributed by atoms with Crippen molar-refractivity contribution in [2.45, 2.75) is 11.8 Å². The molecule has 1 N–H and O–H groups in total. The van der Waals surface area contributed by atoms with Gasteiger partial charge in [-0.05, 0) is 30.2 Å². The molecule has 0 unspecified atom stereocenters. The molecule has 1 aliphatic rings. The van der Waals surface area contributed by atoms with E-state index in [0.29, 0.717) is 11.3 Å².